The van der Waals surface area contributed by atoms with E-state index in [1.807, 2.05) is 11.8 Å². The first kappa shape index (κ1) is 12.4. The molecule has 1 saturated heterocycles. The number of aromatic nitrogens is 2. The first-order valence-corrected chi connectivity index (χ1v) is 6.76. The van der Waals surface area contributed by atoms with Crippen LogP contribution >= 0.6 is 11.8 Å². The summed E-state index contributed by atoms with van der Waals surface area (Å²) < 4.78 is 4.91. The summed E-state index contributed by atoms with van der Waals surface area (Å²) in [4.78, 5) is 15.7. The van der Waals surface area contributed by atoms with Crippen LogP contribution in [0.4, 0.5) is 0 Å². The first-order chi connectivity index (χ1) is 8.24. The maximum absolute atomic E-state index is 11.6. The zero-order chi connectivity index (χ0) is 12.1. The molecule has 0 aliphatic carbocycles. The van der Waals surface area contributed by atoms with Crippen molar-refractivity contribution < 1.29 is 9.32 Å². The van der Waals surface area contributed by atoms with Crippen LogP contribution in [0.15, 0.2) is 4.52 Å². The average Bonchev–Trinajstić information content (AvgIpc) is 2.74. The van der Waals surface area contributed by atoms with Crippen LogP contribution in [0.1, 0.15) is 18.1 Å². The van der Waals surface area contributed by atoms with E-state index in [0.29, 0.717) is 24.7 Å². The highest BCUT2D eigenvalue weighted by atomic mass is 32.2. The molecule has 1 unspecified atom stereocenters. The van der Waals surface area contributed by atoms with E-state index in [4.69, 9.17) is 4.52 Å². The summed E-state index contributed by atoms with van der Waals surface area (Å²) >= 11 is 1.88. The van der Waals surface area contributed by atoms with E-state index in [1.54, 1.807) is 6.92 Å². The van der Waals surface area contributed by atoms with Crippen molar-refractivity contribution in [1.29, 1.82) is 0 Å². The predicted molar refractivity (Wildman–Crippen MR) is 64.6 cm³/mol. The Bertz CT molecular complexity index is 376. The molecule has 0 bridgehead atoms. The van der Waals surface area contributed by atoms with Gasteiger partial charge in [0.05, 0.1) is 6.54 Å². The molecule has 1 aromatic heterocycles. The Kier molecular flexibility index (Phi) is 4.38. The monoisotopic (exact) mass is 256 g/mol. The number of carbonyl (C=O) groups excluding carboxylic acids is 1. The summed E-state index contributed by atoms with van der Waals surface area (Å²) in [6.07, 6.45) is 0.500. The lowest BCUT2D eigenvalue weighted by atomic mass is 10.2. The lowest BCUT2D eigenvalue weighted by Gasteiger charge is -2.22. The minimum Gasteiger partial charge on any atom is -0.347 e. The molecule has 17 heavy (non-hydrogen) atoms. The Morgan fingerprint density at radius 2 is 2.59 bits per heavy atom. The number of carbonyl (C=O) groups is 1. The van der Waals surface area contributed by atoms with Crippen LogP contribution in [0.2, 0.25) is 0 Å². The largest absolute Gasteiger partial charge is 0.347 e. The van der Waals surface area contributed by atoms with Gasteiger partial charge in [0, 0.05) is 30.5 Å². The maximum atomic E-state index is 11.6. The molecular weight excluding hydrogens is 240 g/mol. The van der Waals surface area contributed by atoms with Gasteiger partial charge in [0.1, 0.15) is 0 Å². The fourth-order valence-electron chi connectivity index (χ4n) is 1.63. The van der Waals surface area contributed by atoms with Crippen LogP contribution in [-0.4, -0.2) is 40.1 Å². The molecule has 0 radical (unpaired) electrons. The van der Waals surface area contributed by atoms with Gasteiger partial charge < -0.3 is 15.2 Å². The molecule has 1 fully saturated rings. The number of amides is 1. The van der Waals surface area contributed by atoms with E-state index < -0.39 is 0 Å². The fraction of sp³-hybridized carbons (Fsp3) is 0.700. The van der Waals surface area contributed by atoms with Crippen LogP contribution < -0.4 is 10.6 Å². The molecule has 1 aliphatic rings. The Labute approximate surface area is 104 Å². The molecule has 2 rings (SSSR count). The molecule has 94 valence electrons. The minimum atomic E-state index is 0.0147. The number of rotatable bonds is 4. The van der Waals surface area contributed by atoms with Crippen molar-refractivity contribution in [3.05, 3.63) is 11.7 Å². The summed E-state index contributed by atoms with van der Waals surface area (Å²) in [5, 5.41) is 9.75. The van der Waals surface area contributed by atoms with E-state index in [-0.39, 0.29) is 11.9 Å². The Morgan fingerprint density at radius 3 is 3.24 bits per heavy atom. The van der Waals surface area contributed by atoms with Crippen LogP contribution in [0.3, 0.4) is 0 Å². The summed E-state index contributed by atoms with van der Waals surface area (Å²) in [5.74, 6) is 3.16. The molecule has 1 amide bonds. The van der Waals surface area contributed by atoms with Gasteiger partial charge in [-0.15, -0.1) is 0 Å². The predicted octanol–water partition coefficient (Wildman–Crippen LogP) is 0.0893. The van der Waals surface area contributed by atoms with Crippen molar-refractivity contribution in [2.45, 2.75) is 25.9 Å². The Hall–Kier alpha value is -1.08. The minimum absolute atomic E-state index is 0.0147. The molecule has 7 heteroatoms. The van der Waals surface area contributed by atoms with Gasteiger partial charge in [-0.3, -0.25) is 4.79 Å². The van der Waals surface area contributed by atoms with E-state index >= 15 is 0 Å². The second-order valence-electron chi connectivity index (χ2n) is 3.94. The maximum Gasteiger partial charge on any atom is 0.246 e. The molecule has 1 atom stereocenters. The standard InChI is InChI=1S/C10H16N4O2S/c1-7-13-10(16-14-7)5-12-9(15)4-8-6-17-3-2-11-8/h8,11H,2-6H2,1H3,(H,12,15). The molecule has 1 aliphatic heterocycles. The summed E-state index contributed by atoms with van der Waals surface area (Å²) in [6, 6.07) is 0.276. The third-order valence-corrected chi connectivity index (χ3v) is 3.57. The zero-order valence-corrected chi connectivity index (χ0v) is 10.5. The van der Waals surface area contributed by atoms with Gasteiger partial charge in [0.2, 0.25) is 11.8 Å². The first-order valence-electron chi connectivity index (χ1n) is 5.61. The van der Waals surface area contributed by atoms with Crippen LogP contribution in [-0.2, 0) is 11.3 Å². The Morgan fingerprint density at radius 1 is 1.71 bits per heavy atom. The normalized spacial score (nSPS) is 20.2. The number of hydrogen-bond acceptors (Lipinski definition) is 6. The van der Waals surface area contributed by atoms with Gasteiger partial charge in [0.25, 0.3) is 0 Å². The lowest BCUT2D eigenvalue weighted by molar-refractivity contribution is -0.121. The van der Waals surface area contributed by atoms with Crippen LogP contribution in [0.25, 0.3) is 0 Å². The molecule has 0 saturated carbocycles. The van der Waals surface area contributed by atoms with E-state index in [0.717, 1.165) is 18.1 Å². The van der Waals surface area contributed by atoms with Gasteiger partial charge in [-0.25, -0.2) is 0 Å². The molecular formula is C10H16N4O2S. The van der Waals surface area contributed by atoms with Crippen LogP contribution in [0.5, 0.6) is 0 Å². The van der Waals surface area contributed by atoms with Gasteiger partial charge in [-0.1, -0.05) is 5.16 Å². The number of hydrogen-bond donors (Lipinski definition) is 2. The van der Waals surface area contributed by atoms with Gasteiger partial charge in [-0.05, 0) is 6.92 Å². The number of nitrogens with zero attached hydrogens (tertiary/aromatic N) is 2. The lowest BCUT2D eigenvalue weighted by Crippen LogP contribution is -2.41. The molecule has 0 aromatic carbocycles. The second-order valence-corrected chi connectivity index (χ2v) is 5.09. The van der Waals surface area contributed by atoms with Crippen LogP contribution in [0, 0.1) is 6.92 Å². The van der Waals surface area contributed by atoms with Crippen molar-refractivity contribution in [2.24, 2.45) is 0 Å². The highest BCUT2D eigenvalue weighted by molar-refractivity contribution is 7.99. The number of aryl methyl sites for hydroxylation is 1. The molecule has 2 N–H and O–H groups in total. The van der Waals surface area contributed by atoms with E-state index in [9.17, 15) is 4.79 Å². The summed E-state index contributed by atoms with van der Waals surface area (Å²) in [5.41, 5.74) is 0. The van der Waals surface area contributed by atoms with Crippen molar-refractivity contribution in [1.82, 2.24) is 20.8 Å². The Balaban J connectivity index is 1.70. The quantitative estimate of drug-likeness (QED) is 0.794. The second kappa shape index (κ2) is 6.02. The van der Waals surface area contributed by atoms with E-state index in [2.05, 4.69) is 20.8 Å². The molecule has 0 spiro atoms. The van der Waals surface area contributed by atoms with Gasteiger partial charge in [0.15, 0.2) is 5.82 Å². The molecule has 2 heterocycles. The topological polar surface area (TPSA) is 80.0 Å². The smallest absolute Gasteiger partial charge is 0.246 e. The molecule has 6 nitrogen and oxygen atoms in total. The zero-order valence-electron chi connectivity index (χ0n) is 9.73. The van der Waals surface area contributed by atoms with Crippen molar-refractivity contribution in [2.75, 3.05) is 18.1 Å². The average molecular weight is 256 g/mol. The highest BCUT2D eigenvalue weighted by Crippen LogP contribution is 2.10. The van der Waals surface area contributed by atoms with Gasteiger partial charge >= 0.3 is 0 Å². The highest BCUT2D eigenvalue weighted by Gasteiger charge is 2.16. The third-order valence-electron chi connectivity index (χ3n) is 2.44. The molecule has 1 aromatic rings. The third kappa shape index (κ3) is 4.01. The van der Waals surface area contributed by atoms with Gasteiger partial charge in [-0.2, -0.15) is 16.7 Å². The van der Waals surface area contributed by atoms with E-state index in [1.165, 1.54) is 0 Å². The summed E-state index contributed by atoms with van der Waals surface area (Å²) in [6.45, 7) is 3.03. The fourth-order valence-corrected chi connectivity index (χ4v) is 2.58. The summed E-state index contributed by atoms with van der Waals surface area (Å²) in [7, 11) is 0. The van der Waals surface area contributed by atoms with Crippen molar-refractivity contribution in [3.63, 3.8) is 0 Å². The van der Waals surface area contributed by atoms with Crippen molar-refractivity contribution >= 4 is 17.7 Å². The number of thioether (sulfide) groups is 1. The SMILES string of the molecule is Cc1noc(CNC(=O)CC2CSCCN2)n1. The number of nitrogens with one attached hydrogen (secondary N) is 2. The van der Waals surface area contributed by atoms with Crippen molar-refractivity contribution in [3.8, 4) is 0 Å².